The van der Waals surface area contributed by atoms with Crippen LogP contribution in [0.3, 0.4) is 0 Å². The van der Waals surface area contributed by atoms with E-state index in [0.717, 1.165) is 42.3 Å². The molecule has 3 aromatic rings. The molecule has 0 unspecified atom stereocenters. The minimum Gasteiger partial charge on any atom is -0.425 e. The van der Waals surface area contributed by atoms with Gasteiger partial charge < -0.3 is 14.6 Å². The Hall–Kier alpha value is -3.29. The van der Waals surface area contributed by atoms with Crippen LogP contribution in [-0.4, -0.2) is 37.5 Å². The molecule has 1 aliphatic rings. The van der Waals surface area contributed by atoms with E-state index in [1.807, 2.05) is 56.0 Å². The summed E-state index contributed by atoms with van der Waals surface area (Å²) < 4.78 is 5.62. The highest BCUT2D eigenvalue weighted by Crippen LogP contribution is 2.32. The van der Waals surface area contributed by atoms with E-state index in [1.165, 1.54) is 0 Å². The summed E-state index contributed by atoms with van der Waals surface area (Å²) in [5, 5.41) is 11.4. The summed E-state index contributed by atoms with van der Waals surface area (Å²) >= 11 is 0. The Morgan fingerprint density at radius 1 is 1.26 bits per heavy atom. The van der Waals surface area contributed by atoms with Gasteiger partial charge in [0.05, 0.1) is 23.6 Å². The van der Waals surface area contributed by atoms with E-state index in [2.05, 4.69) is 25.5 Å². The number of nitrogens with zero attached hydrogens (tertiary/aromatic N) is 5. The van der Waals surface area contributed by atoms with Crippen molar-refractivity contribution < 1.29 is 9.21 Å². The topological polar surface area (TPSA) is 97.0 Å². The molecule has 162 valence electrons. The van der Waals surface area contributed by atoms with E-state index in [-0.39, 0.29) is 17.9 Å². The maximum atomic E-state index is 12.9. The predicted octanol–water partition coefficient (Wildman–Crippen LogP) is 4.33. The van der Waals surface area contributed by atoms with Gasteiger partial charge in [-0.15, -0.1) is 10.2 Å². The number of anilines is 2. The first kappa shape index (κ1) is 21.0. The molecular formula is C23H28N6O2. The Kier molecular flexibility index (Phi) is 6.25. The van der Waals surface area contributed by atoms with Gasteiger partial charge in [-0.25, -0.2) is 4.98 Å². The maximum Gasteiger partial charge on any atom is 0.223 e. The number of aromatic nitrogens is 4. The third-order valence-electron chi connectivity index (χ3n) is 5.39. The summed E-state index contributed by atoms with van der Waals surface area (Å²) in [4.78, 5) is 23.9. The smallest absolute Gasteiger partial charge is 0.223 e. The third kappa shape index (κ3) is 5.07. The van der Waals surface area contributed by atoms with Gasteiger partial charge in [-0.05, 0) is 44.0 Å². The van der Waals surface area contributed by atoms with Crippen LogP contribution in [0.5, 0.6) is 0 Å². The number of hydrogen-bond acceptors (Lipinski definition) is 7. The lowest BCUT2D eigenvalue weighted by atomic mass is 10.1. The van der Waals surface area contributed by atoms with Gasteiger partial charge in [-0.1, -0.05) is 19.9 Å². The average molecular weight is 421 g/mol. The van der Waals surface area contributed by atoms with Gasteiger partial charge in [0.25, 0.3) is 0 Å². The molecule has 4 heterocycles. The lowest BCUT2D eigenvalue weighted by molar-refractivity contribution is -0.132. The summed E-state index contributed by atoms with van der Waals surface area (Å²) in [6, 6.07) is 9.83. The molecule has 8 nitrogen and oxygen atoms in total. The molecule has 0 radical (unpaired) electrons. The molecule has 1 N–H and O–H groups in total. The SMILES string of the molecule is Cc1cccc(Nc2ccc([C@@H]3CCCN3C(=O)CCc3nnc(C(C)C)o3)nc2)n1. The molecule has 1 aliphatic heterocycles. The minimum absolute atomic E-state index is 0.00700. The molecule has 0 bridgehead atoms. The molecule has 0 saturated carbocycles. The zero-order valence-electron chi connectivity index (χ0n) is 18.2. The molecule has 1 amide bonds. The Morgan fingerprint density at radius 2 is 2.13 bits per heavy atom. The van der Waals surface area contributed by atoms with Crippen LogP contribution in [0.4, 0.5) is 11.5 Å². The highest BCUT2D eigenvalue weighted by Gasteiger charge is 2.30. The van der Waals surface area contributed by atoms with Crippen molar-refractivity contribution >= 4 is 17.4 Å². The van der Waals surface area contributed by atoms with Gasteiger partial charge in [0, 0.05) is 31.0 Å². The van der Waals surface area contributed by atoms with Crippen molar-refractivity contribution in [2.24, 2.45) is 0 Å². The summed E-state index contributed by atoms with van der Waals surface area (Å²) in [5.74, 6) is 2.20. The fraction of sp³-hybridized carbons (Fsp3) is 0.435. The molecule has 31 heavy (non-hydrogen) atoms. The van der Waals surface area contributed by atoms with Gasteiger partial charge in [-0.3, -0.25) is 9.78 Å². The maximum absolute atomic E-state index is 12.9. The van der Waals surface area contributed by atoms with Crippen molar-refractivity contribution in [1.82, 2.24) is 25.1 Å². The molecular weight excluding hydrogens is 392 g/mol. The van der Waals surface area contributed by atoms with Gasteiger partial charge in [0.15, 0.2) is 0 Å². The third-order valence-corrected chi connectivity index (χ3v) is 5.39. The predicted molar refractivity (Wildman–Crippen MR) is 117 cm³/mol. The van der Waals surface area contributed by atoms with Crippen LogP contribution in [-0.2, 0) is 11.2 Å². The van der Waals surface area contributed by atoms with E-state index < -0.39 is 0 Å². The average Bonchev–Trinajstić information content (AvgIpc) is 3.43. The lowest BCUT2D eigenvalue weighted by Gasteiger charge is -2.24. The van der Waals surface area contributed by atoms with E-state index in [4.69, 9.17) is 4.42 Å². The Morgan fingerprint density at radius 3 is 2.84 bits per heavy atom. The van der Waals surface area contributed by atoms with Crippen LogP contribution >= 0.6 is 0 Å². The quantitative estimate of drug-likeness (QED) is 0.607. The molecule has 0 aliphatic carbocycles. The number of carbonyl (C=O) groups is 1. The van der Waals surface area contributed by atoms with Gasteiger partial charge in [0.1, 0.15) is 5.82 Å². The Labute approximate surface area is 182 Å². The van der Waals surface area contributed by atoms with Crippen molar-refractivity contribution in [3.05, 3.63) is 59.7 Å². The molecule has 1 saturated heterocycles. The summed E-state index contributed by atoms with van der Waals surface area (Å²) in [7, 11) is 0. The number of carbonyl (C=O) groups excluding carboxylic acids is 1. The van der Waals surface area contributed by atoms with E-state index in [9.17, 15) is 4.79 Å². The monoisotopic (exact) mass is 420 g/mol. The minimum atomic E-state index is 0.00700. The number of hydrogen-bond donors (Lipinski definition) is 1. The fourth-order valence-corrected chi connectivity index (χ4v) is 3.77. The molecule has 4 rings (SSSR count). The zero-order valence-corrected chi connectivity index (χ0v) is 18.2. The second-order valence-electron chi connectivity index (χ2n) is 8.19. The van der Waals surface area contributed by atoms with Crippen molar-refractivity contribution in [3.63, 3.8) is 0 Å². The standard InChI is InChI=1S/C23H28N6O2/c1-15(2)23-28-27-21(31-23)11-12-22(30)29-13-5-7-19(29)18-10-9-17(14-24-18)26-20-8-4-6-16(3)25-20/h4,6,8-10,14-15,19H,5,7,11-13H2,1-3H3,(H,25,26)/t19-/m0/s1. The van der Waals surface area contributed by atoms with Crippen molar-refractivity contribution in [2.45, 2.75) is 58.4 Å². The molecule has 8 heteroatoms. The number of amides is 1. The van der Waals surface area contributed by atoms with E-state index in [1.54, 1.807) is 6.20 Å². The van der Waals surface area contributed by atoms with E-state index >= 15 is 0 Å². The lowest BCUT2D eigenvalue weighted by Crippen LogP contribution is -2.31. The van der Waals surface area contributed by atoms with Crippen molar-refractivity contribution in [3.8, 4) is 0 Å². The largest absolute Gasteiger partial charge is 0.425 e. The highest BCUT2D eigenvalue weighted by atomic mass is 16.4. The summed E-state index contributed by atoms with van der Waals surface area (Å²) in [5.41, 5.74) is 2.74. The molecule has 1 atom stereocenters. The molecule has 3 aromatic heterocycles. The molecule has 0 spiro atoms. The second-order valence-corrected chi connectivity index (χ2v) is 8.19. The second kappa shape index (κ2) is 9.24. The summed E-state index contributed by atoms with van der Waals surface area (Å²) in [6.45, 7) is 6.71. The first-order valence-electron chi connectivity index (χ1n) is 10.8. The number of aryl methyl sites for hydroxylation is 2. The van der Waals surface area contributed by atoms with Crippen molar-refractivity contribution in [2.75, 3.05) is 11.9 Å². The Balaban J connectivity index is 1.37. The number of pyridine rings is 2. The van der Waals surface area contributed by atoms with Crippen LogP contribution < -0.4 is 5.32 Å². The summed E-state index contributed by atoms with van der Waals surface area (Å²) in [6.07, 6.45) is 4.51. The van der Waals surface area contributed by atoms with E-state index in [0.29, 0.717) is 24.6 Å². The van der Waals surface area contributed by atoms with Gasteiger partial charge >= 0.3 is 0 Å². The van der Waals surface area contributed by atoms with Crippen LogP contribution in [0.2, 0.25) is 0 Å². The van der Waals surface area contributed by atoms with Crippen LogP contribution in [0.15, 0.2) is 40.9 Å². The van der Waals surface area contributed by atoms with Crippen LogP contribution in [0, 0.1) is 6.92 Å². The zero-order chi connectivity index (χ0) is 21.8. The fourth-order valence-electron chi connectivity index (χ4n) is 3.77. The number of nitrogens with one attached hydrogen (secondary N) is 1. The highest BCUT2D eigenvalue weighted by molar-refractivity contribution is 5.77. The van der Waals surface area contributed by atoms with Crippen LogP contribution in [0.25, 0.3) is 0 Å². The van der Waals surface area contributed by atoms with Crippen LogP contribution in [0.1, 0.15) is 68.2 Å². The first-order valence-corrected chi connectivity index (χ1v) is 10.8. The Bertz CT molecular complexity index is 1030. The normalized spacial score (nSPS) is 16.1. The van der Waals surface area contributed by atoms with Crippen molar-refractivity contribution in [1.29, 1.82) is 0 Å². The number of rotatable bonds is 7. The molecule has 1 fully saturated rings. The first-order chi connectivity index (χ1) is 15.0. The van der Waals surface area contributed by atoms with Gasteiger partial charge in [0.2, 0.25) is 17.7 Å². The van der Waals surface area contributed by atoms with Gasteiger partial charge in [-0.2, -0.15) is 0 Å². The molecule has 0 aromatic carbocycles. The number of likely N-dealkylation sites (tertiary alicyclic amines) is 1.